The van der Waals surface area contributed by atoms with Gasteiger partial charge in [-0.25, -0.2) is 0 Å². The Hall–Kier alpha value is -3.49. The van der Waals surface area contributed by atoms with Gasteiger partial charge in [-0.1, -0.05) is 154 Å². The first-order valence-electron chi connectivity index (χ1n) is 20.4. The van der Waals surface area contributed by atoms with Gasteiger partial charge in [-0.3, -0.25) is 24.2 Å². The molecule has 0 saturated heterocycles. The van der Waals surface area contributed by atoms with Crippen molar-refractivity contribution in [2.75, 3.05) is 19.6 Å². The minimum Gasteiger partial charge on any atom is -0.356 e. The summed E-state index contributed by atoms with van der Waals surface area (Å²) in [6.07, 6.45) is 26.5. The summed E-state index contributed by atoms with van der Waals surface area (Å²) in [7, 11) is 0. The Bertz CT molecular complexity index is 1250. The molecule has 9 heteroatoms. The smallest absolute Gasteiger partial charge is 0.270 e. The zero-order chi connectivity index (χ0) is 36.8. The molecule has 1 heterocycles. The number of carbonyl (C=O) groups is 4. The predicted octanol–water partition coefficient (Wildman–Crippen LogP) is 8.69. The molecule has 2 aromatic rings. The number of fused-ring (bicyclic) bond motifs is 1. The highest BCUT2D eigenvalue weighted by atomic mass is 16.2. The molecule has 0 radical (unpaired) electrons. The second-order valence-electron chi connectivity index (χ2n) is 14.1. The van der Waals surface area contributed by atoms with Gasteiger partial charge in [-0.15, -0.1) is 0 Å². The molecule has 0 spiro atoms. The van der Waals surface area contributed by atoms with Gasteiger partial charge in [0, 0.05) is 44.1 Å². The Kier molecular flexibility index (Phi) is 24.9. The van der Waals surface area contributed by atoms with E-state index < -0.39 is 6.04 Å². The van der Waals surface area contributed by atoms with E-state index in [0.29, 0.717) is 18.8 Å². The average molecular weight is 708 g/mol. The first kappa shape index (κ1) is 43.7. The standard InChI is InChI=1S/C42H69N5O4/c1-3-5-7-9-11-13-15-17-19-23-31-43-38(48)28-27-37(41(50)45-32-24-20-18-16-14-12-10-8-6-4-2)47-39(49)30-34-46-42(51)40-36-26-22-21-25-35(36)29-33-44-40/h21-22,25-26,29,33,37H,3-20,23-24,27-28,30-32,34H2,1-2H3,(H,43,48)(H,45,50)(H,46,51)(H,47,49)/t37-/m0/s1. The minimum atomic E-state index is -0.820. The van der Waals surface area contributed by atoms with Crippen LogP contribution in [0, 0.1) is 0 Å². The molecule has 0 saturated carbocycles. The quantitative estimate of drug-likeness (QED) is 0.0583. The van der Waals surface area contributed by atoms with Crippen LogP contribution in [0.25, 0.3) is 10.8 Å². The third-order valence-corrected chi connectivity index (χ3v) is 9.52. The molecule has 0 aliphatic rings. The molecule has 51 heavy (non-hydrogen) atoms. The maximum absolute atomic E-state index is 13.2. The van der Waals surface area contributed by atoms with Crippen molar-refractivity contribution < 1.29 is 19.2 Å². The van der Waals surface area contributed by atoms with E-state index in [9.17, 15) is 19.2 Å². The summed E-state index contributed by atoms with van der Waals surface area (Å²) >= 11 is 0. The Morgan fingerprint density at radius 2 is 1.10 bits per heavy atom. The third kappa shape index (κ3) is 20.8. The van der Waals surface area contributed by atoms with Crippen LogP contribution in [0.2, 0.25) is 0 Å². The number of pyridine rings is 1. The van der Waals surface area contributed by atoms with Gasteiger partial charge in [0.2, 0.25) is 17.7 Å². The van der Waals surface area contributed by atoms with Crippen molar-refractivity contribution in [2.45, 2.75) is 168 Å². The SMILES string of the molecule is CCCCCCCCCCCCNC(=O)CC[C@H](NC(=O)CCNC(=O)c1nccc2ccccc12)C(=O)NCCCCCCCCCCCC. The van der Waals surface area contributed by atoms with Crippen molar-refractivity contribution in [2.24, 2.45) is 0 Å². The summed E-state index contributed by atoms with van der Waals surface area (Å²) in [5.74, 6) is -1.09. The number of amides is 4. The molecule has 1 aromatic heterocycles. The van der Waals surface area contributed by atoms with Gasteiger partial charge in [0.1, 0.15) is 11.7 Å². The molecule has 4 N–H and O–H groups in total. The van der Waals surface area contributed by atoms with Gasteiger partial charge < -0.3 is 21.3 Å². The van der Waals surface area contributed by atoms with E-state index in [0.717, 1.165) is 42.9 Å². The summed E-state index contributed by atoms with van der Waals surface area (Å²) in [6, 6.07) is 8.55. The van der Waals surface area contributed by atoms with E-state index >= 15 is 0 Å². The fraction of sp³-hybridized carbons (Fsp3) is 0.690. The minimum absolute atomic E-state index is 0.00364. The van der Waals surface area contributed by atoms with Gasteiger partial charge >= 0.3 is 0 Å². The molecule has 1 aromatic carbocycles. The fourth-order valence-corrected chi connectivity index (χ4v) is 6.36. The van der Waals surface area contributed by atoms with E-state index in [-0.39, 0.29) is 49.4 Å². The normalized spacial score (nSPS) is 11.6. The van der Waals surface area contributed by atoms with Crippen LogP contribution in [0.15, 0.2) is 36.5 Å². The van der Waals surface area contributed by atoms with Crippen molar-refractivity contribution >= 4 is 34.4 Å². The third-order valence-electron chi connectivity index (χ3n) is 9.52. The number of hydrogen-bond acceptors (Lipinski definition) is 5. The maximum Gasteiger partial charge on any atom is 0.270 e. The topological polar surface area (TPSA) is 129 Å². The van der Waals surface area contributed by atoms with Crippen molar-refractivity contribution in [3.8, 4) is 0 Å². The number of carbonyl (C=O) groups excluding carboxylic acids is 4. The van der Waals surface area contributed by atoms with Gasteiger partial charge in [0.25, 0.3) is 5.91 Å². The lowest BCUT2D eigenvalue weighted by Crippen LogP contribution is -2.48. The second-order valence-corrected chi connectivity index (χ2v) is 14.1. The van der Waals surface area contributed by atoms with Crippen LogP contribution in [-0.4, -0.2) is 54.3 Å². The molecule has 0 aliphatic carbocycles. The number of aromatic nitrogens is 1. The Morgan fingerprint density at radius 1 is 0.569 bits per heavy atom. The molecule has 1 atom stereocenters. The van der Waals surface area contributed by atoms with Crippen LogP contribution < -0.4 is 21.3 Å². The number of nitrogens with one attached hydrogen (secondary N) is 4. The second kappa shape index (κ2) is 29.1. The van der Waals surface area contributed by atoms with Crippen LogP contribution >= 0.6 is 0 Å². The number of rotatable bonds is 31. The first-order valence-corrected chi connectivity index (χ1v) is 20.4. The summed E-state index contributed by atoms with van der Waals surface area (Å²) in [6.45, 7) is 5.75. The molecule has 9 nitrogen and oxygen atoms in total. The van der Waals surface area contributed by atoms with Crippen LogP contribution in [0.3, 0.4) is 0 Å². The lowest BCUT2D eigenvalue weighted by molar-refractivity contribution is -0.129. The number of benzene rings is 1. The number of unbranched alkanes of at least 4 members (excludes halogenated alkanes) is 18. The molecular weight excluding hydrogens is 638 g/mol. The Balaban J connectivity index is 1.74. The molecule has 2 rings (SSSR count). The van der Waals surface area contributed by atoms with Crippen LogP contribution in [-0.2, 0) is 14.4 Å². The van der Waals surface area contributed by atoms with Crippen LogP contribution in [0.5, 0.6) is 0 Å². The maximum atomic E-state index is 13.2. The van der Waals surface area contributed by atoms with Crippen molar-refractivity contribution in [3.63, 3.8) is 0 Å². The summed E-state index contributed by atoms with van der Waals surface area (Å²) in [5.41, 5.74) is 0.307. The Morgan fingerprint density at radius 3 is 1.69 bits per heavy atom. The molecule has 4 amide bonds. The van der Waals surface area contributed by atoms with Crippen molar-refractivity contribution in [3.05, 3.63) is 42.2 Å². The Labute approximate surface area is 308 Å². The van der Waals surface area contributed by atoms with Gasteiger partial charge in [-0.05, 0) is 30.7 Å². The molecule has 0 bridgehead atoms. The molecule has 286 valence electrons. The molecular formula is C42H69N5O4. The van der Waals surface area contributed by atoms with Gasteiger partial charge in [-0.2, -0.15) is 0 Å². The zero-order valence-electron chi connectivity index (χ0n) is 32.0. The van der Waals surface area contributed by atoms with Crippen LogP contribution in [0.1, 0.15) is 172 Å². The van der Waals surface area contributed by atoms with Crippen molar-refractivity contribution in [1.82, 2.24) is 26.3 Å². The lowest BCUT2D eigenvalue weighted by atomic mass is 10.1. The summed E-state index contributed by atoms with van der Waals surface area (Å²) in [5, 5.41) is 13.2. The fourth-order valence-electron chi connectivity index (χ4n) is 6.36. The van der Waals surface area contributed by atoms with E-state index in [1.807, 2.05) is 30.3 Å². The predicted molar refractivity (Wildman–Crippen MR) is 210 cm³/mol. The van der Waals surface area contributed by atoms with Gasteiger partial charge in [0.05, 0.1) is 0 Å². The average Bonchev–Trinajstić information content (AvgIpc) is 3.14. The number of hydrogen-bond donors (Lipinski definition) is 4. The highest BCUT2D eigenvalue weighted by Gasteiger charge is 2.22. The van der Waals surface area contributed by atoms with E-state index in [4.69, 9.17) is 0 Å². The summed E-state index contributed by atoms with van der Waals surface area (Å²) in [4.78, 5) is 55.8. The first-order chi connectivity index (χ1) is 25.0. The molecule has 0 unspecified atom stereocenters. The monoisotopic (exact) mass is 708 g/mol. The molecule has 0 aliphatic heterocycles. The van der Waals surface area contributed by atoms with E-state index in [2.05, 4.69) is 40.1 Å². The largest absolute Gasteiger partial charge is 0.356 e. The highest BCUT2D eigenvalue weighted by molar-refractivity contribution is 6.05. The molecule has 0 fully saturated rings. The van der Waals surface area contributed by atoms with Gasteiger partial charge in [0.15, 0.2) is 0 Å². The van der Waals surface area contributed by atoms with E-state index in [1.54, 1.807) is 6.20 Å². The van der Waals surface area contributed by atoms with E-state index in [1.165, 1.54) is 96.3 Å². The summed E-state index contributed by atoms with van der Waals surface area (Å²) < 4.78 is 0. The number of nitrogens with zero attached hydrogens (tertiary/aromatic N) is 1. The zero-order valence-corrected chi connectivity index (χ0v) is 32.0. The highest BCUT2D eigenvalue weighted by Crippen LogP contribution is 2.16. The lowest BCUT2D eigenvalue weighted by Gasteiger charge is -2.19. The van der Waals surface area contributed by atoms with Crippen molar-refractivity contribution in [1.29, 1.82) is 0 Å². The van der Waals surface area contributed by atoms with Crippen LogP contribution in [0.4, 0.5) is 0 Å².